The van der Waals surface area contributed by atoms with Crippen molar-refractivity contribution in [1.29, 1.82) is 0 Å². The van der Waals surface area contributed by atoms with E-state index in [1.807, 2.05) is 54.3 Å². The number of para-hydroxylation sites is 1. The van der Waals surface area contributed by atoms with Gasteiger partial charge in [-0.15, -0.1) is 11.8 Å². The molecule has 1 aromatic heterocycles. The van der Waals surface area contributed by atoms with Crippen molar-refractivity contribution in [2.24, 2.45) is 0 Å². The first-order valence-corrected chi connectivity index (χ1v) is 6.09. The highest BCUT2D eigenvalue weighted by Crippen LogP contribution is 2.07. The first-order chi connectivity index (χ1) is 8.90. The van der Waals surface area contributed by atoms with E-state index in [1.165, 1.54) is 5.56 Å². The topological polar surface area (TPSA) is 29.9 Å². The van der Waals surface area contributed by atoms with Crippen molar-refractivity contribution in [1.82, 2.24) is 15.1 Å². The van der Waals surface area contributed by atoms with Crippen molar-refractivity contribution < 1.29 is 0 Å². The zero-order chi connectivity index (χ0) is 12.6. The molecule has 3 heteroatoms. The lowest BCUT2D eigenvalue weighted by Gasteiger charge is -2.00. The Morgan fingerprint density at radius 2 is 2.11 bits per heavy atom. The van der Waals surface area contributed by atoms with E-state index in [0.717, 1.165) is 25.2 Å². The van der Waals surface area contributed by atoms with Crippen LogP contribution in [0.3, 0.4) is 0 Å². The lowest BCUT2D eigenvalue weighted by molar-refractivity contribution is 0.701. The van der Waals surface area contributed by atoms with Crippen molar-refractivity contribution >= 4 is 0 Å². The number of nitrogens with zero attached hydrogens (tertiary/aromatic N) is 2. The third kappa shape index (κ3) is 3.47. The summed E-state index contributed by atoms with van der Waals surface area (Å²) in [4.78, 5) is 0. The minimum Gasteiger partial charge on any atom is -0.312 e. The molecule has 1 N–H and O–H groups in total. The lowest BCUT2D eigenvalue weighted by Crippen LogP contribution is -2.13. The number of benzene rings is 1. The van der Waals surface area contributed by atoms with Crippen LogP contribution in [-0.2, 0) is 6.54 Å². The van der Waals surface area contributed by atoms with Gasteiger partial charge in [0.2, 0.25) is 0 Å². The number of rotatable bonds is 5. The Hall–Kier alpha value is -2.05. The molecule has 0 atom stereocenters. The summed E-state index contributed by atoms with van der Waals surface area (Å²) in [6.45, 7) is 3.61. The molecule has 0 radical (unpaired) electrons. The average molecular weight is 239 g/mol. The summed E-state index contributed by atoms with van der Waals surface area (Å²) in [6, 6.07) is 10.1. The summed E-state index contributed by atoms with van der Waals surface area (Å²) in [5.41, 5.74) is 2.27. The standard InChI is InChI=1S/C15H17N3/c1-2-3-7-10-16-11-14-12-17-18(13-14)15-8-5-4-6-9-15/h4-6,8-9,12-13,16H,7,10-11H2,1H3. The molecule has 2 rings (SSSR count). The van der Waals surface area contributed by atoms with Gasteiger partial charge in [-0.3, -0.25) is 0 Å². The molecule has 0 aliphatic carbocycles. The van der Waals surface area contributed by atoms with Crippen LogP contribution in [0, 0.1) is 11.8 Å². The normalized spacial score (nSPS) is 9.83. The average Bonchev–Trinajstić information content (AvgIpc) is 2.88. The maximum absolute atomic E-state index is 4.35. The van der Waals surface area contributed by atoms with E-state index < -0.39 is 0 Å². The smallest absolute Gasteiger partial charge is 0.0645 e. The second-order valence-corrected chi connectivity index (χ2v) is 3.98. The summed E-state index contributed by atoms with van der Waals surface area (Å²) >= 11 is 0. The Labute approximate surface area is 108 Å². The lowest BCUT2D eigenvalue weighted by atomic mass is 10.3. The van der Waals surface area contributed by atoms with Crippen LogP contribution >= 0.6 is 0 Å². The molecule has 92 valence electrons. The molecule has 0 spiro atoms. The minimum absolute atomic E-state index is 0.832. The first kappa shape index (κ1) is 12.4. The predicted octanol–water partition coefficient (Wildman–Crippen LogP) is 2.38. The van der Waals surface area contributed by atoms with Gasteiger partial charge in [0, 0.05) is 31.3 Å². The van der Waals surface area contributed by atoms with Crippen molar-refractivity contribution in [2.45, 2.75) is 19.9 Å². The van der Waals surface area contributed by atoms with E-state index in [0.29, 0.717) is 0 Å². The van der Waals surface area contributed by atoms with Crippen LogP contribution < -0.4 is 5.32 Å². The van der Waals surface area contributed by atoms with E-state index in [4.69, 9.17) is 0 Å². The zero-order valence-electron chi connectivity index (χ0n) is 10.6. The van der Waals surface area contributed by atoms with E-state index in [1.54, 1.807) is 0 Å². The fourth-order valence-electron chi connectivity index (χ4n) is 1.68. The molecule has 18 heavy (non-hydrogen) atoms. The van der Waals surface area contributed by atoms with Crippen molar-refractivity contribution in [3.8, 4) is 17.5 Å². The molecule has 0 aliphatic rings. The van der Waals surface area contributed by atoms with Crippen LogP contribution in [0.5, 0.6) is 0 Å². The molecular formula is C15H17N3. The van der Waals surface area contributed by atoms with Gasteiger partial charge in [0.1, 0.15) is 0 Å². The number of hydrogen-bond acceptors (Lipinski definition) is 2. The molecule has 2 aromatic rings. The second-order valence-electron chi connectivity index (χ2n) is 3.98. The van der Waals surface area contributed by atoms with Gasteiger partial charge in [-0.05, 0) is 19.1 Å². The molecule has 0 saturated carbocycles. The van der Waals surface area contributed by atoms with Gasteiger partial charge >= 0.3 is 0 Å². The number of aromatic nitrogens is 2. The summed E-state index contributed by atoms with van der Waals surface area (Å²) < 4.78 is 1.89. The van der Waals surface area contributed by atoms with Crippen LogP contribution in [0.4, 0.5) is 0 Å². The molecule has 1 heterocycles. The Balaban J connectivity index is 1.88. The Kier molecular flexibility index (Phi) is 4.57. The van der Waals surface area contributed by atoms with Gasteiger partial charge in [-0.25, -0.2) is 4.68 Å². The van der Waals surface area contributed by atoms with Gasteiger partial charge in [-0.2, -0.15) is 5.10 Å². The van der Waals surface area contributed by atoms with Gasteiger partial charge in [0.25, 0.3) is 0 Å². The quantitative estimate of drug-likeness (QED) is 0.641. The molecule has 0 aliphatic heterocycles. The molecule has 0 bridgehead atoms. The maximum Gasteiger partial charge on any atom is 0.0645 e. The van der Waals surface area contributed by atoms with Crippen LogP contribution in [0.2, 0.25) is 0 Å². The van der Waals surface area contributed by atoms with Gasteiger partial charge < -0.3 is 5.32 Å². The molecule has 0 amide bonds. The Bertz CT molecular complexity index is 532. The molecule has 0 saturated heterocycles. The summed E-state index contributed by atoms with van der Waals surface area (Å²) in [7, 11) is 0. The van der Waals surface area contributed by atoms with Crippen LogP contribution in [0.1, 0.15) is 18.9 Å². The second kappa shape index (κ2) is 6.63. The Morgan fingerprint density at radius 1 is 1.28 bits per heavy atom. The van der Waals surface area contributed by atoms with Gasteiger partial charge in [0.15, 0.2) is 0 Å². The third-order valence-electron chi connectivity index (χ3n) is 2.59. The van der Waals surface area contributed by atoms with E-state index in [2.05, 4.69) is 22.3 Å². The maximum atomic E-state index is 4.35. The van der Waals surface area contributed by atoms with Crippen molar-refractivity contribution in [3.05, 3.63) is 48.3 Å². The molecule has 0 fully saturated rings. The largest absolute Gasteiger partial charge is 0.312 e. The predicted molar refractivity (Wildman–Crippen MR) is 73.3 cm³/mol. The van der Waals surface area contributed by atoms with Crippen molar-refractivity contribution in [2.75, 3.05) is 6.54 Å². The molecule has 1 aromatic carbocycles. The number of nitrogens with one attached hydrogen (secondary N) is 1. The first-order valence-electron chi connectivity index (χ1n) is 6.09. The molecule has 3 nitrogen and oxygen atoms in total. The summed E-state index contributed by atoms with van der Waals surface area (Å²) in [5, 5.41) is 7.70. The van der Waals surface area contributed by atoms with Gasteiger partial charge in [0.05, 0.1) is 11.9 Å². The number of hydrogen-bond donors (Lipinski definition) is 1. The van der Waals surface area contributed by atoms with Crippen LogP contribution in [-0.4, -0.2) is 16.3 Å². The fraction of sp³-hybridized carbons (Fsp3) is 0.267. The van der Waals surface area contributed by atoms with Gasteiger partial charge in [-0.1, -0.05) is 18.2 Å². The SMILES string of the molecule is CC#CCCNCc1cnn(-c2ccccc2)c1. The molecular weight excluding hydrogens is 222 g/mol. The van der Waals surface area contributed by atoms with E-state index >= 15 is 0 Å². The van der Waals surface area contributed by atoms with Crippen LogP contribution in [0.15, 0.2) is 42.7 Å². The zero-order valence-corrected chi connectivity index (χ0v) is 10.6. The minimum atomic E-state index is 0.832. The fourth-order valence-corrected chi connectivity index (χ4v) is 1.68. The highest BCUT2D eigenvalue weighted by molar-refractivity contribution is 5.30. The van der Waals surface area contributed by atoms with Crippen molar-refractivity contribution in [3.63, 3.8) is 0 Å². The summed E-state index contributed by atoms with van der Waals surface area (Å²) in [5.74, 6) is 5.92. The highest BCUT2D eigenvalue weighted by atomic mass is 15.3. The molecule has 0 unspecified atom stereocenters. The van der Waals surface area contributed by atoms with Crippen LogP contribution in [0.25, 0.3) is 5.69 Å². The third-order valence-corrected chi connectivity index (χ3v) is 2.59. The monoisotopic (exact) mass is 239 g/mol. The van der Waals surface area contributed by atoms with E-state index in [-0.39, 0.29) is 0 Å². The Morgan fingerprint density at radius 3 is 2.89 bits per heavy atom. The van der Waals surface area contributed by atoms with E-state index in [9.17, 15) is 0 Å². The summed E-state index contributed by atoms with van der Waals surface area (Å²) in [6.07, 6.45) is 4.84. The highest BCUT2D eigenvalue weighted by Gasteiger charge is 1.99.